The average Bonchev–Trinajstić information content (AvgIpc) is 2.00. The molecule has 0 heterocycles. The molecule has 3 heteroatoms. The van der Waals surface area contributed by atoms with Crippen LogP contribution in [0.4, 0.5) is 0 Å². The lowest BCUT2D eigenvalue weighted by atomic mass is 10.4. The monoisotopic (exact) mass is 143 g/mol. The van der Waals surface area contributed by atoms with E-state index in [1.54, 1.807) is 27.3 Å². The van der Waals surface area contributed by atoms with Crippen molar-refractivity contribution in [2.45, 2.75) is 6.92 Å². The molecule has 0 spiro atoms. The minimum atomic E-state index is 0.519. The quantitative estimate of drug-likeness (QED) is 0.330. The summed E-state index contributed by atoms with van der Waals surface area (Å²) >= 11 is 0. The highest BCUT2D eigenvalue weighted by Crippen LogP contribution is 1.98. The van der Waals surface area contributed by atoms with Crippen LogP contribution in [0.25, 0.3) is 0 Å². The summed E-state index contributed by atoms with van der Waals surface area (Å²) in [4.78, 5) is 3.85. The number of aliphatic imine (C=N–C) groups is 1. The lowest BCUT2D eigenvalue weighted by molar-refractivity contribution is 0.284. The molecular weight excluding hydrogens is 130 g/mol. The molecule has 0 aliphatic heterocycles. The number of hydrogen-bond acceptors (Lipinski definition) is 3. The first-order valence-electron chi connectivity index (χ1n) is 3.01. The van der Waals surface area contributed by atoms with Gasteiger partial charge >= 0.3 is 0 Å². The van der Waals surface area contributed by atoms with E-state index in [4.69, 9.17) is 9.47 Å². The Morgan fingerprint density at radius 2 is 1.90 bits per heavy atom. The van der Waals surface area contributed by atoms with Gasteiger partial charge in [0, 0.05) is 7.05 Å². The van der Waals surface area contributed by atoms with Crippen molar-refractivity contribution in [1.29, 1.82) is 0 Å². The molecule has 0 rings (SSSR count). The first-order chi connectivity index (χ1) is 4.79. The van der Waals surface area contributed by atoms with Crippen LogP contribution in [0.15, 0.2) is 16.8 Å². The molecule has 10 heavy (non-hydrogen) atoms. The topological polar surface area (TPSA) is 30.8 Å². The highest BCUT2D eigenvalue weighted by Gasteiger charge is 2.02. The Hall–Kier alpha value is -0.990. The number of allylic oxidation sites excluding steroid dienone is 1. The first-order valence-corrected chi connectivity index (χ1v) is 3.01. The fourth-order valence-electron chi connectivity index (χ4n) is 0.631. The molecule has 3 nitrogen and oxygen atoms in total. The van der Waals surface area contributed by atoms with Crippen LogP contribution in [0.2, 0.25) is 0 Å². The van der Waals surface area contributed by atoms with Gasteiger partial charge in [-0.05, 0) is 13.0 Å². The SMILES string of the molecule is C/C=C(/OC)C(=NC)OC. The molecule has 0 saturated carbocycles. The summed E-state index contributed by atoms with van der Waals surface area (Å²) < 4.78 is 9.85. The minimum absolute atomic E-state index is 0.519. The van der Waals surface area contributed by atoms with Gasteiger partial charge in [0.2, 0.25) is 0 Å². The summed E-state index contributed by atoms with van der Waals surface area (Å²) in [5.74, 6) is 1.18. The predicted molar refractivity (Wildman–Crippen MR) is 41.1 cm³/mol. The Bertz CT molecular complexity index is 132. The third kappa shape index (κ3) is 2.09. The van der Waals surface area contributed by atoms with E-state index >= 15 is 0 Å². The van der Waals surface area contributed by atoms with Gasteiger partial charge < -0.3 is 9.47 Å². The van der Waals surface area contributed by atoms with Crippen molar-refractivity contribution in [2.24, 2.45) is 4.99 Å². The molecule has 0 saturated heterocycles. The molecule has 0 amide bonds. The molecule has 0 aliphatic carbocycles. The van der Waals surface area contributed by atoms with Crippen LogP contribution in [0.1, 0.15) is 6.92 Å². The van der Waals surface area contributed by atoms with Crippen LogP contribution in [0.5, 0.6) is 0 Å². The van der Waals surface area contributed by atoms with Gasteiger partial charge in [0.15, 0.2) is 5.76 Å². The van der Waals surface area contributed by atoms with Gasteiger partial charge in [-0.3, -0.25) is 4.99 Å². The zero-order valence-corrected chi connectivity index (χ0v) is 6.84. The van der Waals surface area contributed by atoms with E-state index in [0.717, 1.165) is 0 Å². The van der Waals surface area contributed by atoms with Gasteiger partial charge in [-0.25, -0.2) is 0 Å². The van der Waals surface area contributed by atoms with Crippen molar-refractivity contribution in [3.8, 4) is 0 Å². The smallest absolute Gasteiger partial charge is 0.251 e. The van der Waals surface area contributed by atoms with Crippen LogP contribution < -0.4 is 0 Å². The molecule has 0 N–H and O–H groups in total. The van der Waals surface area contributed by atoms with Gasteiger partial charge in [0.25, 0.3) is 5.90 Å². The molecule has 0 radical (unpaired) electrons. The number of rotatable bonds is 2. The summed E-state index contributed by atoms with van der Waals surface area (Å²) in [5.41, 5.74) is 0. The molecule has 58 valence electrons. The lowest BCUT2D eigenvalue weighted by Gasteiger charge is -2.05. The third-order valence-corrected chi connectivity index (χ3v) is 1.09. The van der Waals surface area contributed by atoms with E-state index < -0.39 is 0 Å². The summed E-state index contributed by atoms with van der Waals surface area (Å²) in [5, 5.41) is 0. The Morgan fingerprint density at radius 3 is 2.00 bits per heavy atom. The highest BCUT2D eigenvalue weighted by atomic mass is 16.5. The fraction of sp³-hybridized carbons (Fsp3) is 0.571. The molecule has 0 aromatic carbocycles. The molecule has 0 aromatic rings. The van der Waals surface area contributed by atoms with Gasteiger partial charge in [-0.2, -0.15) is 0 Å². The highest BCUT2D eigenvalue weighted by molar-refractivity contribution is 5.91. The predicted octanol–water partition coefficient (Wildman–Crippen LogP) is 1.21. The van der Waals surface area contributed by atoms with E-state index in [1.807, 2.05) is 6.92 Å². The Morgan fingerprint density at radius 1 is 1.30 bits per heavy atom. The molecule has 0 atom stereocenters. The van der Waals surface area contributed by atoms with E-state index in [9.17, 15) is 0 Å². The maximum Gasteiger partial charge on any atom is 0.251 e. The van der Waals surface area contributed by atoms with Crippen molar-refractivity contribution in [3.63, 3.8) is 0 Å². The van der Waals surface area contributed by atoms with E-state index in [2.05, 4.69) is 4.99 Å². The number of ether oxygens (including phenoxy) is 2. The summed E-state index contributed by atoms with van der Waals surface area (Å²) in [7, 11) is 4.80. The van der Waals surface area contributed by atoms with Crippen molar-refractivity contribution < 1.29 is 9.47 Å². The van der Waals surface area contributed by atoms with Gasteiger partial charge in [-0.15, -0.1) is 0 Å². The lowest BCUT2D eigenvalue weighted by Crippen LogP contribution is -2.06. The molecule has 0 fully saturated rings. The van der Waals surface area contributed by atoms with E-state index in [1.165, 1.54) is 0 Å². The summed E-state index contributed by atoms with van der Waals surface area (Å²) in [6.45, 7) is 1.86. The normalized spacial score (nSPS) is 13.2. The van der Waals surface area contributed by atoms with Gasteiger partial charge in [0.05, 0.1) is 14.2 Å². The standard InChI is InChI=1S/C7H13NO2/c1-5-6(9-3)7(8-2)10-4/h5H,1-4H3/b6-5+,8-7?. The number of hydrogen-bond donors (Lipinski definition) is 0. The maximum atomic E-state index is 4.95. The maximum absolute atomic E-state index is 4.95. The second-order valence-corrected chi connectivity index (χ2v) is 1.59. The molecule has 0 aliphatic rings. The number of nitrogens with zero attached hydrogens (tertiary/aromatic N) is 1. The zero-order valence-electron chi connectivity index (χ0n) is 6.84. The molecule has 0 aromatic heterocycles. The summed E-state index contributed by atoms with van der Waals surface area (Å²) in [6, 6.07) is 0. The number of methoxy groups -OCH3 is 2. The Balaban J connectivity index is 4.27. The largest absolute Gasteiger partial charge is 0.492 e. The fourth-order valence-corrected chi connectivity index (χ4v) is 0.631. The Kier molecular flexibility index (Phi) is 4.37. The van der Waals surface area contributed by atoms with Crippen molar-refractivity contribution >= 4 is 5.90 Å². The van der Waals surface area contributed by atoms with Crippen LogP contribution in [-0.2, 0) is 9.47 Å². The van der Waals surface area contributed by atoms with E-state index in [0.29, 0.717) is 11.7 Å². The Labute approximate surface area is 61.4 Å². The second-order valence-electron chi connectivity index (χ2n) is 1.59. The van der Waals surface area contributed by atoms with Crippen LogP contribution >= 0.6 is 0 Å². The summed E-state index contributed by atoms with van der Waals surface area (Å²) in [6.07, 6.45) is 1.80. The van der Waals surface area contributed by atoms with Crippen LogP contribution in [-0.4, -0.2) is 27.2 Å². The van der Waals surface area contributed by atoms with Crippen molar-refractivity contribution in [3.05, 3.63) is 11.8 Å². The first kappa shape index (κ1) is 9.01. The van der Waals surface area contributed by atoms with Gasteiger partial charge in [0.1, 0.15) is 0 Å². The average molecular weight is 143 g/mol. The molecular formula is C7H13NO2. The zero-order chi connectivity index (χ0) is 7.98. The molecule has 0 unspecified atom stereocenters. The van der Waals surface area contributed by atoms with E-state index in [-0.39, 0.29) is 0 Å². The van der Waals surface area contributed by atoms with Crippen molar-refractivity contribution in [2.75, 3.05) is 21.3 Å². The van der Waals surface area contributed by atoms with Crippen molar-refractivity contribution in [1.82, 2.24) is 0 Å². The third-order valence-electron chi connectivity index (χ3n) is 1.09. The molecule has 0 bridgehead atoms. The minimum Gasteiger partial charge on any atom is -0.492 e. The van der Waals surface area contributed by atoms with Crippen LogP contribution in [0, 0.1) is 0 Å². The van der Waals surface area contributed by atoms with Gasteiger partial charge in [-0.1, -0.05) is 0 Å². The van der Waals surface area contributed by atoms with Crippen LogP contribution in [0.3, 0.4) is 0 Å². The second kappa shape index (κ2) is 4.85.